The number of ether oxygens (including phenoxy) is 2. The molecule has 0 saturated heterocycles. The summed E-state index contributed by atoms with van der Waals surface area (Å²) in [5.74, 6) is 2.43. The summed E-state index contributed by atoms with van der Waals surface area (Å²) >= 11 is 0. The van der Waals surface area contributed by atoms with E-state index in [9.17, 15) is 0 Å². The standard InChI is InChI=1S/C22H33N5O2.HI/c1-3-23-22(24-12-6-14-27-15-7-13-26-27)25-17-18-10-11-20(28-2)21(16-18)29-19-8-4-5-9-19;/h7,10-11,13,15-16,19H,3-6,8-9,12,14,17H2,1-2H3,(H2,23,24,25);1H. The van der Waals surface area contributed by atoms with Gasteiger partial charge in [0.05, 0.1) is 19.8 Å². The number of rotatable bonds is 10. The van der Waals surface area contributed by atoms with Crippen LogP contribution >= 0.6 is 24.0 Å². The summed E-state index contributed by atoms with van der Waals surface area (Å²) in [6.07, 6.45) is 9.80. The zero-order chi connectivity index (χ0) is 20.3. The summed E-state index contributed by atoms with van der Waals surface area (Å²) in [5.41, 5.74) is 1.10. The molecular formula is C22H34IN5O2. The second-order valence-electron chi connectivity index (χ2n) is 7.25. The molecule has 2 aromatic rings. The number of aryl methyl sites for hydroxylation is 1. The van der Waals surface area contributed by atoms with Crippen LogP contribution in [0.15, 0.2) is 41.7 Å². The van der Waals surface area contributed by atoms with Crippen molar-refractivity contribution in [2.45, 2.75) is 58.2 Å². The third-order valence-corrected chi connectivity index (χ3v) is 5.00. The van der Waals surface area contributed by atoms with Gasteiger partial charge in [-0.3, -0.25) is 4.68 Å². The van der Waals surface area contributed by atoms with E-state index in [1.807, 2.05) is 29.1 Å². The number of nitrogens with zero attached hydrogens (tertiary/aromatic N) is 3. The van der Waals surface area contributed by atoms with Gasteiger partial charge in [-0.2, -0.15) is 5.10 Å². The van der Waals surface area contributed by atoms with Crippen molar-refractivity contribution in [3.8, 4) is 11.5 Å². The highest BCUT2D eigenvalue weighted by Gasteiger charge is 2.18. The minimum absolute atomic E-state index is 0. The van der Waals surface area contributed by atoms with Crippen LogP contribution in [-0.2, 0) is 13.1 Å². The lowest BCUT2D eigenvalue weighted by molar-refractivity contribution is 0.200. The van der Waals surface area contributed by atoms with Crippen LogP contribution in [0.3, 0.4) is 0 Å². The lowest BCUT2D eigenvalue weighted by atomic mass is 10.2. The third kappa shape index (κ3) is 7.70. The predicted octanol–water partition coefficient (Wildman–Crippen LogP) is 3.98. The fourth-order valence-corrected chi connectivity index (χ4v) is 3.49. The van der Waals surface area contributed by atoms with Gasteiger partial charge in [-0.15, -0.1) is 24.0 Å². The highest BCUT2D eigenvalue weighted by atomic mass is 127. The SMILES string of the molecule is CCNC(=NCc1ccc(OC)c(OC2CCCC2)c1)NCCCn1cccn1.I. The van der Waals surface area contributed by atoms with E-state index < -0.39 is 0 Å². The van der Waals surface area contributed by atoms with Gasteiger partial charge in [-0.25, -0.2) is 4.99 Å². The molecule has 0 aliphatic heterocycles. The van der Waals surface area contributed by atoms with E-state index in [2.05, 4.69) is 28.7 Å². The van der Waals surface area contributed by atoms with Gasteiger partial charge in [-0.1, -0.05) is 6.07 Å². The maximum absolute atomic E-state index is 6.19. The number of guanidine groups is 1. The topological polar surface area (TPSA) is 72.7 Å². The number of hydrogen-bond donors (Lipinski definition) is 2. The quantitative estimate of drug-likeness (QED) is 0.212. The zero-order valence-corrected chi connectivity index (χ0v) is 20.3. The summed E-state index contributed by atoms with van der Waals surface area (Å²) < 4.78 is 13.6. The Morgan fingerprint density at radius 2 is 2.07 bits per heavy atom. The van der Waals surface area contributed by atoms with E-state index in [1.54, 1.807) is 13.3 Å². The van der Waals surface area contributed by atoms with Crippen LogP contribution in [0.2, 0.25) is 0 Å². The van der Waals surface area contributed by atoms with E-state index in [4.69, 9.17) is 14.5 Å². The molecule has 2 N–H and O–H groups in total. The Morgan fingerprint density at radius 1 is 1.23 bits per heavy atom. The summed E-state index contributed by atoms with van der Waals surface area (Å²) in [7, 11) is 1.69. The summed E-state index contributed by atoms with van der Waals surface area (Å²) in [5, 5.41) is 10.9. The summed E-state index contributed by atoms with van der Waals surface area (Å²) in [6, 6.07) is 8.02. The lowest BCUT2D eigenvalue weighted by Gasteiger charge is -2.17. The molecule has 0 unspecified atom stereocenters. The average Bonchev–Trinajstić information content (AvgIpc) is 3.43. The maximum Gasteiger partial charge on any atom is 0.191 e. The van der Waals surface area contributed by atoms with Crippen molar-refractivity contribution < 1.29 is 9.47 Å². The van der Waals surface area contributed by atoms with Crippen molar-refractivity contribution in [1.82, 2.24) is 20.4 Å². The highest BCUT2D eigenvalue weighted by Crippen LogP contribution is 2.32. The average molecular weight is 527 g/mol. The minimum atomic E-state index is 0. The Hall–Kier alpha value is -1.97. The van der Waals surface area contributed by atoms with Gasteiger partial charge in [-0.05, 0) is 62.8 Å². The summed E-state index contributed by atoms with van der Waals surface area (Å²) in [6.45, 7) is 5.20. The fourth-order valence-electron chi connectivity index (χ4n) is 3.49. The second-order valence-corrected chi connectivity index (χ2v) is 7.25. The molecule has 1 fully saturated rings. The molecule has 0 radical (unpaired) electrons. The Kier molecular flexibility index (Phi) is 10.8. The number of halogens is 1. The van der Waals surface area contributed by atoms with Crippen molar-refractivity contribution >= 4 is 29.9 Å². The van der Waals surface area contributed by atoms with Crippen LogP contribution in [0.4, 0.5) is 0 Å². The molecule has 0 bridgehead atoms. The van der Waals surface area contributed by atoms with E-state index >= 15 is 0 Å². The van der Waals surface area contributed by atoms with Crippen LogP contribution < -0.4 is 20.1 Å². The van der Waals surface area contributed by atoms with E-state index in [0.717, 1.165) is 61.9 Å². The maximum atomic E-state index is 6.19. The van der Waals surface area contributed by atoms with Crippen molar-refractivity contribution in [2.24, 2.45) is 4.99 Å². The molecule has 166 valence electrons. The molecule has 30 heavy (non-hydrogen) atoms. The predicted molar refractivity (Wildman–Crippen MR) is 131 cm³/mol. The molecule has 7 nitrogen and oxygen atoms in total. The molecule has 1 heterocycles. The van der Waals surface area contributed by atoms with Gasteiger partial charge in [0.15, 0.2) is 17.5 Å². The number of methoxy groups -OCH3 is 1. The number of aromatic nitrogens is 2. The van der Waals surface area contributed by atoms with Crippen LogP contribution in [0.5, 0.6) is 11.5 Å². The van der Waals surface area contributed by atoms with Gasteiger partial charge in [0.1, 0.15) is 0 Å². The van der Waals surface area contributed by atoms with Crippen LogP contribution in [0, 0.1) is 0 Å². The van der Waals surface area contributed by atoms with E-state index in [1.165, 1.54) is 12.8 Å². The molecule has 1 aromatic carbocycles. The number of benzene rings is 1. The van der Waals surface area contributed by atoms with Gasteiger partial charge in [0, 0.05) is 32.0 Å². The highest BCUT2D eigenvalue weighted by molar-refractivity contribution is 14.0. The van der Waals surface area contributed by atoms with Crippen LogP contribution in [-0.4, -0.2) is 42.0 Å². The largest absolute Gasteiger partial charge is 0.493 e. The Labute approximate surface area is 196 Å². The van der Waals surface area contributed by atoms with Crippen molar-refractivity contribution in [1.29, 1.82) is 0 Å². The monoisotopic (exact) mass is 527 g/mol. The van der Waals surface area contributed by atoms with Crippen LogP contribution in [0.1, 0.15) is 44.6 Å². The van der Waals surface area contributed by atoms with Gasteiger partial charge >= 0.3 is 0 Å². The fraction of sp³-hybridized carbons (Fsp3) is 0.545. The zero-order valence-electron chi connectivity index (χ0n) is 18.0. The first-order chi connectivity index (χ1) is 14.3. The van der Waals surface area contributed by atoms with E-state index in [0.29, 0.717) is 12.6 Å². The molecule has 1 aliphatic carbocycles. The number of aliphatic imine (C=N–C) groups is 1. The van der Waals surface area contributed by atoms with Gasteiger partial charge in [0.2, 0.25) is 0 Å². The molecule has 0 spiro atoms. The molecule has 8 heteroatoms. The normalized spacial score (nSPS) is 14.3. The van der Waals surface area contributed by atoms with Crippen LogP contribution in [0.25, 0.3) is 0 Å². The number of hydrogen-bond acceptors (Lipinski definition) is 4. The Balaban J connectivity index is 0.00000320. The van der Waals surface area contributed by atoms with Gasteiger partial charge < -0.3 is 20.1 Å². The number of nitrogens with one attached hydrogen (secondary N) is 2. The Bertz CT molecular complexity index is 761. The first-order valence-corrected chi connectivity index (χ1v) is 10.6. The molecule has 3 rings (SSSR count). The second kappa shape index (κ2) is 13.4. The molecule has 1 aromatic heterocycles. The van der Waals surface area contributed by atoms with Crippen molar-refractivity contribution in [3.63, 3.8) is 0 Å². The van der Waals surface area contributed by atoms with Crippen molar-refractivity contribution in [2.75, 3.05) is 20.2 Å². The first kappa shape index (κ1) is 24.3. The Morgan fingerprint density at radius 3 is 2.77 bits per heavy atom. The van der Waals surface area contributed by atoms with Gasteiger partial charge in [0.25, 0.3) is 0 Å². The smallest absolute Gasteiger partial charge is 0.191 e. The first-order valence-electron chi connectivity index (χ1n) is 10.6. The third-order valence-electron chi connectivity index (χ3n) is 5.00. The molecule has 1 saturated carbocycles. The molecule has 0 atom stereocenters. The lowest BCUT2D eigenvalue weighted by Crippen LogP contribution is -2.38. The molecule has 0 amide bonds. The minimum Gasteiger partial charge on any atom is -0.493 e. The van der Waals surface area contributed by atoms with E-state index in [-0.39, 0.29) is 24.0 Å². The van der Waals surface area contributed by atoms with Crippen molar-refractivity contribution in [3.05, 3.63) is 42.2 Å². The molecule has 1 aliphatic rings. The molecular weight excluding hydrogens is 493 g/mol. The summed E-state index contributed by atoms with van der Waals surface area (Å²) in [4.78, 5) is 4.72.